The number of aromatic nitrogens is 3. The summed E-state index contributed by atoms with van der Waals surface area (Å²) in [5, 5.41) is 3.51. The van der Waals surface area contributed by atoms with Crippen molar-refractivity contribution in [2.24, 2.45) is 0 Å². The molecular weight excluding hydrogens is 312 g/mol. The van der Waals surface area contributed by atoms with Crippen molar-refractivity contribution in [1.29, 1.82) is 0 Å². The Morgan fingerprint density at radius 2 is 1.91 bits per heavy atom. The van der Waals surface area contributed by atoms with Crippen molar-refractivity contribution >= 4 is 29.2 Å². The van der Waals surface area contributed by atoms with Crippen molar-refractivity contribution in [1.82, 2.24) is 15.0 Å². The first kappa shape index (κ1) is 15.8. The lowest BCUT2D eigenvalue weighted by Crippen LogP contribution is -2.24. The van der Waals surface area contributed by atoms with Crippen LogP contribution in [0.3, 0.4) is 0 Å². The normalized spacial score (nSPS) is 15.3. The Hall–Kier alpha value is -2.08. The third kappa shape index (κ3) is 4.45. The molecule has 2 aromatic rings. The first-order chi connectivity index (χ1) is 11.2. The second-order valence-corrected chi connectivity index (χ2v) is 6.10. The summed E-state index contributed by atoms with van der Waals surface area (Å²) in [5.74, 6) is 1.83. The molecule has 0 bridgehead atoms. The number of anilines is 3. The Morgan fingerprint density at radius 1 is 1.13 bits per heavy atom. The molecule has 3 rings (SSSR count). The van der Waals surface area contributed by atoms with E-state index in [0.29, 0.717) is 17.5 Å². The summed E-state index contributed by atoms with van der Waals surface area (Å²) in [5.41, 5.74) is 6.66. The zero-order valence-corrected chi connectivity index (χ0v) is 13.8. The van der Waals surface area contributed by atoms with E-state index in [4.69, 9.17) is 17.3 Å². The van der Waals surface area contributed by atoms with Crippen molar-refractivity contribution in [3.05, 3.63) is 35.1 Å². The van der Waals surface area contributed by atoms with E-state index in [-0.39, 0.29) is 5.95 Å². The third-order valence-corrected chi connectivity index (χ3v) is 4.12. The molecule has 122 valence electrons. The zero-order valence-electron chi connectivity index (χ0n) is 13.0. The molecule has 1 saturated heterocycles. The van der Waals surface area contributed by atoms with Gasteiger partial charge in [-0.05, 0) is 24.5 Å². The molecule has 2 aromatic heterocycles. The van der Waals surface area contributed by atoms with E-state index in [2.05, 4.69) is 37.3 Å². The third-order valence-electron chi connectivity index (χ3n) is 3.92. The predicted octanol–water partition coefficient (Wildman–Crippen LogP) is 3.10. The molecule has 0 radical (unpaired) electrons. The van der Waals surface area contributed by atoms with Crippen LogP contribution in [0.1, 0.15) is 31.2 Å². The van der Waals surface area contributed by atoms with E-state index in [1.54, 1.807) is 6.07 Å². The number of halogens is 1. The van der Waals surface area contributed by atoms with Crippen molar-refractivity contribution in [3.63, 3.8) is 0 Å². The molecule has 1 fully saturated rings. The van der Waals surface area contributed by atoms with Crippen LogP contribution in [0.15, 0.2) is 24.4 Å². The van der Waals surface area contributed by atoms with E-state index >= 15 is 0 Å². The summed E-state index contributed by atoms with van der Waals surface area (Å²) < 4.78 is 0. The fourth-order valence-corrected chi connectivity index (χ4v) is 2.92. The van der Waals surface area contributed by atoms with E-state index in [9.17, 15) is 0 Å². The first-order valence-corrected chi connectivity index (χ1v) is 8.32. The highest BCUT2D eigenvalue weighted by atomic mass is 35.5. The minimum Gasteiger partial charge on any atom is -0.368 e. The Morgan fingerprint density at radius 3 is 2.57 bits per heavy atom. The summed E-state index contributed by atoms with van der Waals surface area (Å²) in [6.45, 7) is 2.81. The summed E-state index contributed by atoms with van der Waals surface area (Å²) in [4.78, 5) is 14.9. The Kier molecular flexibility index (Phi) is 5.12. The molecule has 6 nitrogen and oxygen atoms in total. The van der Waals surface area contributed by atoms with Crippen LogP contribution < -0.4 is 16.0 Å². The number of hydrogen-bond acceptors (Lipinski definition) is 6. The summed E-state index contributed by atoms with van der Waals surface area (Å²) in [6.07, 6.45) is 7.05. The number of nitrogens with zero attached hydrogens (tertiary/aromatic N) is 4. The second-order valence-electron chi connectivity index (χ2n) is 5.71. The summed E-state index contributed by atoms with van der Waals surface area (Å²) in [6, 6.07) is 5.83. The Labute approximate surface area is 141 Å². The van der Waals surface area contributed by atoms with Gasteiger partial charge in [-0.15, -0.1) is 0 Å². The average Bonchev–Trinajstić information content (AvgIpc) is 2.82. The highest BCUT2D eigenvalue weighted by molar-refractivity contribution is 6.29. The van der Waals surface area contributed by atoms with Crippen molar-refractivity contribution in [2.45, 2.75) is 32.2 Å². The van der Waals surface area contributed by atoms with E-state index in [1.165, 1.54) is 25.7 Å². The Balaban J connectivity index is 1.60. The van der Waals surface area contributed by atoms with Gasteiger partial charge in [-0.2, -0.15) is 4.98 Å². The molecule has 0 spiro atoms. The fraction of sp³-hybridized carbons (Fsp3) is 0.438. The van der Waals surface area contributed by atoms with Gasteiger partial charge in [0.05, 0.1) is 0 Å². The van der Waals surface area contributed by atoms with Crippen molar-refractivity contribution in [3.8, 4) is 0 Å². The largest absolute Gasteiger partial charge is 0.368 e. The smallest absolute Gasteiger partial charge is 0.223 e. The standard InChI is InChI=1S/C16H21ClN6/c17-13-9-14(22-16(18)21-13)19-10-12-5-6-15(20-11-12)23-7-3-1-2-4-8-23/h5-6,9,11H,1-4,7-8,10H2,(H3,18,19,21,22). The van der Waals surface area contributed by atoms with Gasteiger partial charge in [-0.25, -0.2) is 9.97 Å². The summed E-state index contributed by atoms with van der Waals surface area (Å²) >= 11 is 5.86. The lowest BCUT2D eigenvalue weighted by molar-refractivity contribution is 0.726. The first-order valence-electron chi connectivity index (χ1n) is 7.94. The SMILES string of the molecule is Nc1nc(Cl)cc(NCc2ccc(N3CCCCCC3)nc2)n1. The van der Waals surface area contributed by atoms with Crippen LogP contribution in [0.25, 0.3) is 0 Å². The lowest BCUT2D eigenvalue weighted by Gasteiger charge is -2.21. The van der Waals surface area contributed by atoms with Gasteiger partial charge in [0.2, 0.25) is 5.95 Å². The molecule has 0 saturated carbocycles. The van der Waals surface area contributed by atoms with E-state index in [0.717, 1.165) is 24.5 Å². The van der Waals surface area contributed by atoms with Crippen LogP contribution in [0.5, 0.6) is 0 Å². The number of pyridine rings is 1. The minimum absolute atomic E-state index is 0.162. The fourth-order valence-electron chi connectivity index (χ4n) is 2.73. The second kappa shape index (κ2) is 7.46. The quantitative estimate of drug-likeness (QED) is 0.837. The van der Waals surface area contributed by atoms with Gasteiger partial charge < -0.3 is 16.0 Å². The molecule has 0 amide bonds. The van der Waals surface area contributed by atoms with Gasteiger partial charge >= 0.3 is 0 Å². The molecule has 23 heavy (non-hydrogen) atoms. The molecule has 0 unspecified atom stereocenters. The molecule has 7 heteroatoms. The van der Waals surface area contributed by atoms with Crippen LogP contribution in [0.4, 0.5) is 17.6 Å². The maximum atomic E-state index is 5.86. The molecule has 0 atom stereocenters. The molecule has 0 aromatic carbocycles. The van der Waals surface area contributed by atoms with Crippen LogP contribution >= 0.6 is 11.6 Å². The van der Waals surface area contributed by atoms with Crippen LogP contribution in [-0.2, 0) is 6.54 Å². The maximum absolute atomic E-state index is 5.86. The molecule has 0 aliphatic carbocycles. The molecular formula is C16H21ClN6. The van der Waals surface area contributed by atoms with Gasteiger partial charge in [-0.1, -0.05) is 30.5 Å². The van der Waals surface area contributed by atoms with Crippen molar-refractivity contribution in [2.75, 3.05) is 29.0 Å². The lowest BCUT2D eigenvalue weighted by atomic mass is 10.2. The minimum atomic E-state index is 0.162. The maximum Gasteiger partial charge on any atom is 0.223 e. The van der Waals surface area contributed by atoms with Gasteiger partial charge in [0.1, 0.15) is 16.8 Å². The van der Waals surface area contributed by atoms with Gasteiger partial charge in [0.25, 0.3) is 0 Å². The average molecular weight is 333 g/mol. The number of nitrogen functional groups attached to an aromatic ring is 1. The molecule has 3 heterocycles. The zero-order chi connectivity index (χ0) is 16.1. The molecule has 1 aliphatic rings. The van der Waals surface area contributed by atoms with Gasteiger partial charge in [-0.3, -0.25) is 0 Å². The Bertz CT molecular complexity index is 617. The van der Waals surface area contributed by atoms with Crippen LogP contribution in [0, 0.1) is 0 Å². The summed E-state index contributed by atoms with van der Waals surface area (Å²) in [7, 11) is 0. The number of hydrogen-bond donors (Lipinski definition) is 2. The number of nitrogens with two attached hydrogens (primary N) is 1. The highest BCUT2D eigenvalue weighted by Gasteiger charge is 2.10. The monoisotopic (exact) mass is 332 g/mol. The van der Waals surface area contributed by atoms with E-state index < -0.39 is 0 Å². The highest BCUT2D eigenvalue weighted by Crippen LogP contribution is 2.18. The number of nitrogens with one attached hydrogen (secondary N) is 1. The molecule has 3 N–H and O–H groups in total. The van der Waals surface area contributed by atoms with E-state index in [1.807, 2.05) is 6.20 Å². The van der Waals surface area contributed by atoms with Crippen molar-refractivity contribution < 1.29 is 0 Å². The van der Waals surface area contributed by atoms with Gasteiger partial charge in [0, 0.05) is 31.9 Å². The number of rotatable bonds is 4. The van der Waals surface area contributed by atoms with Crippen LogP contribution in [-0.4, -0.2) is 28.0 Å². The van der Waals surface area contributed by atoms with Crippen LogP contribution in [0.2, 0.25) is 5.15 Å². The molecule has 1 aliphatic heterocycles. The van der Waals surface area contributed by atoms with Gasteiger partial charge in [0.15, 0.2) is 0 Å². The predicted molar refractivity (Wildman–Crippen MR) is 93.7 cm³/mol. The topological polar surface area (TPSA) is 80.0 Å².